The van der Waals surface area contributed by atoms with Crippen LogP contribution in [-0.4, -0.2) is 19.1 Å². The predicted molar refractivity (Wildman–Crippen MR) is 98.2 cm³/mol. The summed E-state index contributed by atoms with van der Waals surface area (Å²) in [6.07, 6.45) is 0. The Morgan fingerprint density at radius 3 is 1.95 bits per heavy atom. The Hall–Kier alpha value is -1.28. The van der Waals surface area contributed by atoms with Gasteiger partial charge in [0.05, 0.1) is 6.04 Å². The van der Waals surface area contributed by atoms with E-state index >= 15 is 0 Å². The zero-order chi connectivity index (χ0) is 17.1. The molecule has 0 aliphatic carbocycles. The van der Waals surface area contributed by atoms with E-state index < -0.39 is 0 Å². The molecule has 2 heteroatoms. The Bertz CT molecular complexity index is 491. The predicted octanol–water partition coefficient (Wildman–Crippen LogP) is 4.40. The van der Waals surface area contributed by atoms with Gasteiger partial charge in [0.25, 0.3) is 0 Å². The Morgan fingerprint density at radius 2 is 1.55 bits per heavy atom. The zero-order valence-electron chi connectivity index (χ0n) is 15.7. The Morgan fingerprint density at radius 1 is 1.05 bits per heavy atom. The van der Waals surface area contributed by atoms with Gasteiger partial charge in [-0.15, -0.1) is 0 Å². The molecule has 0 fully saturated rings. The first kappa shape index (κ1) is 18.8. The van der Waals surface area contributed by atoms with Gasteiger partial charge in [-0.3, -0.25) is 0 Å². The van der Waals surface area contributed by atoms with Crippen molar-refractivity contribution in [1.82, 2.24) is 10.6 Å². The summed E-state index contributed by atoms with van der Waals surface area (Å²) in [4.78, 5) is 0. The fourth-order valence-electron chi connectivity index (χ4n) is 2.70. The van der Waals surface area contributed by atoms with Gasteiger partial charge < -0.3 is 10.6 Å². The molecule has 1 rings (SSSR count). The first-order valence-corrected chi connectivity index (χ1v) is 8.20. The van der Waals surface area contributed by atoms with Crippen molar-refractivity contribution in [1.29, 1.82) is 0 Å². The average Bonchev–Trinajstić information content (AvgIpc) is 2.38. The first-order chi connectivity index (χ1) is 10.00. The highest BCUT2D eigenvalue weighted by molar-refractivity contribution is 5.32. The van der Waals surface area contributed by atoms with Crippen LogP contribution in [0.15, 0.2) is 36.5 Å². The van der Waals surface area contributed by atoms with E-state index in [4.69, 9.17) is 0 Å². The maximum absolute atomic E-state index is 4.32. The van der Waals surface area contributed by atoms with Gasteiger partial charge in [-0.05, 0) is 31.9 Å². The summed E-state index contributed by atoms with van der Waals surface area (Å²) in [5.74, 6) is 0. The van der Waals surface area contributed by atoms with E-state index in [1.165, 1.54) is 11.1 Å². The molecule has 0 spiro atoms. The quantitative estimate of drug-likeness (QED) is 0.814. The lowest BCUT2D eigenvalue weighted by molar-refractivity contribution is 0.284. The van der Waals surface area contributed by atoms with Crippen LogP contribution in [0, 0.1) is 12.3 Å². The maximum atomic E-state index is 4.32. The lowest BCUT2D eigenvalue weighted by Gasteiger charge is -2.39. The molecule has 2 N–H and O–H groups in total. The van der Waals surface area contributed by atoms with Crippen molar-refractivity contribution in [2.75, 3.05) is 7.05 Å². The second-order valence-corrected chi connectivity index (χ2v) is 8.07. The van der Waals surface area contributed by atoms with Gasteiger partial charge in [0, 0.05) is 17.2 Å². The van der Waals surface area contributed by atoms with Crippen molar-refractivity contribution >= 4 is 0 Å². The second kappa shape index (κ2) is 6.87. The van der Waals surface area contributed by atoms with Crippen LogP contribution < -0.4 is 10.6 Å². The van der Waals surface area contributed by atoms with Crippen LogP contribution in [0.1, 0.15) is 52.7 Å². The standard InChI is InChI=1S/C20H34N2/c1-14-10-12-17(13-11-14)20(7,8)18(21-9)15(2)22-16(3)19(4,5)6/h10-13,16,18,21-22H,2H2,1,3-9H3. The van der Waals surface area contributed by atoms with E-state index in [1.54, 1.807) is 0 Å². The Kier molecular flexibility index (Phi) is 5.86. The molecule has 22 heavy (non-hydrogen) atoms. The van der Waals surface area contributed by atoms with Gasteiger partial charge in [-0.1, -0.05) is 71.0 Å². The molecule has 0 saturated heterocycles. The summed E-state index contributed by atoms with van der Waals surface area (Å²) in [5, 5.41) is 7.05. The summed E-state index contributed by atoms with van der Waals surface area (Å²) in [5.41, 5.74) is 3.83. The highest BCUT2D eigenvalue weighted by Crippen LogP contribution is 2.31. The van der Waals surface area contributed by atoms with Gasteiger partial charge in [0.2, 0.25) is 0 Å². The van der Waals surface area contributed by atoms with Gasteiger partial charge in [-0.2, -0.15) is 0 Å². The highest BCUT2D eigenvalue weighted by Gasteiger charge is 2.33. The fourth-order valence-corrected chi connectivity index (χ4v) is 2.70. The van der Waals surface area contributed by atoms with E-state index in [2.05, 4.69) is 89.9 Å². The number of aryl methyl sites for hydroxylation is 1. The van der Waals surface area contributed by atoms with Crippen molar-refractivity contribution in [3.05, 3.63) is 47.7 Å². The molecule has 2 atom stereocenters. The molecule has 124 valence electrons. The molecule has 0 radical (unpaired) electrons. The fraction of sp³-hybridized carbons (Fsp3) is 0.600. The molecule has 0 aliphatic rings. The van der Waals surface area contributed by atoms with Crippen LogP contribution in [0.25, 0.3) is 0 Å². The third kappa shape index (κ3) is 4.36. The molecule has 0 aromatic heterocycles. The number of likely N-dealkylation sites (N-methyl/N-ethyl adjacent to an activating group) is 1. The van der Waals surface area contributed by atoms with Crippen molar-refractivity contribution in [2.24, 2.45) is 5.41 Å². The van der Waals surface area contributed by atoms with Gasteiger partial charge in [0.15, 0.2) is 0 Å². The Labute approximate surface area is 137 Å². The van der Waals surface area contributed by atoms with Crippen molar-refractivity contribution < 1.29 is 0 Å². The first-order valence-electron chi connectivity index (χ1n) is 8.20. The lowest BCUT2D eigenvalue weighted by atomic mass is 9.76. The SMILES string of the molecule is C=C(NC(C)C(C)(C)C)C(NC)C(C)(C)c1ccc(C)cc1. The van der Waals surface area contributed by atoms with E-state index in [9.17, 15) is 0 Å². The summed E-state index contributed by atoms with van der Waals surface area (Å²) in [7, 11) is 2.01. The summed E-state index contributed by atoms with van der Waals surface area (Å²) >= 11 is 0. The van der Waals surface area contributed by atoms with Crippen LogP contribution in [0.5, 0.6) is 0 Å². The number of nitrogens with one attached hydrogen (secondary N) is 2. The molecule has 0 aliphatic heterocycles. The molecule has 2 nitrogen and oxygen atoms in total. The molecule has 0 heterocycles. The molecule has 0 amide bonds. The van der Waals surface area contributed by atoms with E-state index in [-0.39, 0.29) is 16.9 Å². The molecular weight excluding hydrogens is 268 g/mol. The van der Waals surface area contributed by atoms with Crippen LogP contribution >= 0.6 is 0 Å². The molecule has 1 aromatic rings. The van der Waals surface area contributed by atoms with Crippen LogP contribution in [0.4, 0.5) is 0 Å². The van der Waals surface area contributed by atoms with Gasteiger partial charge in [0.1, 0.15) is 0 Å². The summed E-state index contributed by atoms with van der Waals surface area (Å²) in [6, 6.07) is 9.33. The third-order valence-corrected chi connectivity index (χ3v) is 4.86. The average molecular weight is 303 g/mol. The largest absolute Gasteiger partial charge is 0.385 e. The van der Waals surface area contributed by atoms with Crippen molar-refractivity contribution in [3.8, 4) is 0 Å². The maximum Gasteiger partial charge on any atom is 0.0553 e. The minimum absolute atomic E-state index is 0.0376. The number of rotatable bonds is 6. The number of benzene rings is 1. The molecule has 0 saturated carbocycles. The van der Waals surface area contributed by atoms with E-state index in [0.717, 1.165) is 5.70 Å². The van der Waals surface area contributed by atoms with Crippen LogP contribution in [0.2, 0.25) is 0 Å². The van der Waals surface area contributed by atoms with E-state index in [0.29, 0.717) is 6.04 Å². The topological polar surface area (TPSA) is 24.1 Å². The van der Waals surface area contributed by atoms with Crippen LogP contribution in [-0.2, 0) is 5.41 Å². The second-order valence-electron chi connectivity index (χ2n) is 8.07. The monoisotopic (exact) mass is 302 g/mol. The van der Waals surface area contributed by atoms with E-state index in [1.807, 2.05) is 7.05 Å². The van der Waals surface area contributed by atoms with Crippen molar-refractivity contribution in [2.45, 2.75) is 66.0 Å². The smallest absolute Gasteiger partial charge is 0.0553 e. The number of hydrogen-bond donors (Lipinski definition) is 2. The summed E-state index contributed by atoms with van der Waals surface area (Å²) < 4.78 is 0. The number of hydrogen-bond acceptors (Lipinski definition) is 2. The molecule has 0 bridgehead atoms. The molecular formula is C20H34N2. The zero-order valence-corrected chi connectivity index (χ0v) is 15.7. The minimum atomic E-state index is -0.0376. The van der Waals surface area contributed by atoms with Crippen molar-refractivity contribution in [3.63, 3.8) is 0 Å². The summed E-state index contributed by atoms with van der Waals surface area (Å²) in [6.45, 7) is 19.9. The van der Waals surface area contributed by atoms with Crippen LogP contribution in [0.3, 0.4) is 0 Å². The normalized spacial score (nSPS) is 15.3. The van der Waals surface area contributed by atoms with Gasteiger partial charge >= 0.3 is 0 Å². The lowest BCUT2D eigenvalue weighted by Crippen LogP contribution is -2.50. The molecule has 2 unspecified atom stereocenters. The minimum Gasteiger partial charge on any atom is -0.385 e. The molecule has 1 aromatic carbocycles. The van der Waals surface area contributed by atoms with Gasteiger partial charge in [-0.25, -0.2) is 0 Å². The highest BCUT2D eigenvalue weighted by atomic mass is 15.0. The Balaban J connectivity index is 2.98. The third-order valence-electron chi connectivity index (χ3n) is 4.86.